The minimum Gasteiger partial charge on any atom is -0.357 e. The first-order valence-corrected chi connectivity index (χ1v) is 7.70. The average molecular weight is 289 g/mol. The third-order valence-corrected chi connectivity index (χ3v) is 4.99. The Balaban J connectivity index is 1.55. The van der Waals surface area contributed by atoms with Crippen molar-refractivity contribution in [3.8, 4) is 0 Å². The SMILES string of the molecule is O=C(c1ccc[nH]1)N1CC[C@H]2[C@H]1CCN2c1nncs1. The second-order valence-electron chi connectivity index (χ2n) is 5.21. The van der Waals surface area contributed by atoms with Gasteiger partial charge >= 0.3 is 0 Å². The van der Waals surface area contributed by atoms with Crippen molar-refractivity contribution in [1.82, 2.24) is 20.1 Å². The normalized spacial score (nSPS) is 25.2. The van der Waals surface area contributed by atoms with Crippen LogP contribution in [0.1, 0.15) is 23.3 Å². The predicted octanol–water partition coefficient (Wildman–Crippen LogP) is 1.36. The van der Waals surface area contributed by atoms with Crippen LogP contribution in [-0.4, -0.2) is 51.2 Å². The number of hydrogen-bond acceptors (Lipinski definition) is 5. The molecule has 0 spiro atoms. The topological polar surface area (TPSA) is 65.1 Å². The average Bonchev–Trinajstić information content (AvgIpc) is 3.21. The molecule has 0 saturated carbocycles. The molecule has 2 atom stereocenters. The fourth-order valence-electron chi connectivity index (χ4n) is 3.39. The van der Waals surface area contributed by atoms with Crippen LogP contribution in [0, 0.1) is 0 Å². The number of carbonyl (C=O) groups excluding carboxylic acids is 1. The highest BCUT2D eigenvalue weighted by Gasteiger charge is 2.45. The van der Waals surface area contributed by atoms with E-state index in [1.165, 1.54) is 0 Å². The lowest BCUT2D eigenvalue weighted by Gasteiger charge is -2.24. The van der Waals surface area contributed by atoms with E-state index < -0.39 is 0 Å². The van der Waals surface area contributed by atoms with Crippen molar-refractivity contribution >= 4 is 22.4 Å². The Morgan fingerprint density at radius 3 is 3.00 bits per heavy atom. The maximum atomic E-state index is 12.5. The number of fused-ring (bicyclic) bond motifs is 1. The number of aromatic nitrogens is 3. The molecule has 1 amide bonds. The van der Waals surface area contributed by atoms with E-state index in [0.717, 1.165) is 31.1 Å². The van der Waals surface area contributed by atoms with Gasteiger partial charge in [-0.15, -0.1) is 10.2 Å². The summed E-state index contributed by atoms with van der Waals surface area (Å²) in [6.45, 7) is 1.78. The molecule has 2 saturated heterocycles. The maximum absolute atomic E-state index is 12.5. The lowest BCUT2D eigenvalue weighted by molar-refractivity contribution is 0.0732. The first kappa shape index (κ1) is 11.9. The number of amides is 1. The van der Waals surface area contributed by atoms with Crippen LogP contribution >= 0.6 is 11.3 Å². The van der Waals surface area contributed by atoms with Gasteiger partial charge in [0.15, 0.2) is 0 Å². The van der Waals surface area contributed by atoms with Gasteiger partial charge in [0.1, 0.15) is 11.2 Å². The molecule has 104 valence electrons. The second kappa shape index (κ2) is 4.59. The highest BCUT2D eigenvalue weighted by atomic mass is 32.1. The summed E-state index contributed by atoms with van der Waals surface area (Å²) in [5.74, 6) is 0.113. The molecule has 0 unspecified atom stereocenters. The Morgan fingerprint density at radius 1 is 1.35 bits per heavy atom. The van der Waals surface area contributed by atoms with Gasteiger partial charge in [-0.05, 0) is 25.0 Å². The maximum Gasteiger partial charge on any atom is 0.270 e. The molecule has 0 aliphatic carbocycles. The van der Waals surface area contributed by atoms with Crippen LogP contribution in [0.4, 0.5) is 5.13 Å². The van der Waals surface area contributed by atoms with Gasteiger partial charge < -0.3 is 14.8 Å². The van der Waals surface area contributed by atoms with Crippen LogP contribution < -0.4 is 4.90 Å². The molecule has 2 aromatic rings. The summed E-state index contributed by atoms with van der Waals surface area (Å²) in [5, 5.41) is 9.06. The summed E-state index contributed by atoms with van der Waals surface area (Å²) in [5.41, 5.74) is 2.44. The summed E-state index contributed by atoms with van der Waals surface area (Å²) in [4.78, 5) is 19.8. The number of hydrogen-bond donors (Lipinski definition) is 1. The quantitative estimate of drug-likeness (QED) is 0.906. The van der Waals surface area contributed by atoms with Gasteiger partial charge in [-0.2, -0.15) is 0 Å². The number of rotatable bonds is 2. The van der Waals surface area contributed by atoms with Crippen molar-refractivity contribution < 1.29 is 4.79 Å². The molecule has 20 heavy (non-hydrogen) atoms. The highest BCUT2D eigenvalue weighted by molar-refractivity contribution is 7.13. The lowest BCUT2D eigenvalue weighted by atomic mass is 10.1. The minimum absolute atomic E-state index is 0.113. The second-order valence-corrected chi connectivity index (χ2v) is 6.02. The standard InChI is InChI=1S/C13H15N5OS/c19-12(9-2-1-5-14-9)17-6-3-11-10(17)4-7-18(11)13-16-15-8-20-13/h1-2,5,8,10-11,14H,3-4,6-7H2/t10-,11+/m1/s1. The molecule has 0 aromatic carbocycles. The third kappa shape index (κ3) is 1.73. The fourth-order valence-corrected chi connectivity index (χ4v) is 4.03. The van der Waals surface area contributed by atoms with E-state index in [1.807, 2.05) is 17.0 Å². The number of aromatic amines is 1. The van der Waals surface area contributed by atoms with E-state index in [1.54, 1.807) is 23.0 Å². The third-order valence-electron chi connectivity index (χ3n) is 4.26. The zero-order chi connectivity index (χ0) is 13.5. The highest BCUT2D eigenvalue weighted by Crippen LogP contribution is 2.36. The van der Waals surface area contributed by atoms with Gasteiger partial charge in [0, 0.05) is 19.3 Å². The van der Waals surface area contributed by atoms with Crippen molar-refractivity contribution in [2.75, 3.05) is 18.0 Å². The number of H-pyrrole nitrogens is 1. The van der Waals surface area contributed by atoms with E-state index in [4.69, 9.17) is 0 Å². The van der Waals surface area contributed by atoms with Crippen molar-refractivity contribution in [3.63, 3.8) is 0 Å². The minimum atomic E-state index is 0.113. The molecule has 2 aromatic heterocycles. The molecule has 0 bridgehead atoms. The van der Waals surface area contributed by atoms with Crippen LogP contribution in [0.25, 0.3) is 0 Å². The summed E-state index contributed by atoms with van der Waals surface area (Å²) >= 11 is 1.57. The van der Waals surface area contributed by atoms with Gasteiger partial charge in [-0.1, -0.05) is 11.3 Å². The molecule has 2 aliphatic heterocycles. The van der Waals surface area contributed by atoms with Gasteiger partial charge in [-0.3, -0.25) is 4.79 Å². The molecule has 1 N–H and O–H groups in total. The predicted molar refractivity (Wildman–Crippen MR) is 75.9 cm³/mol. The summed E-state index contributed by atoms with van der Waals surface area (Å²) in [6.07, 6.45) is 3.82. The van der Waals surface area contributed by atoms with Crippen molar-refractivity contribution in [1.29, 1.82) is 0 Å². The molecular formula is C13H15N5OS. The Morgan fingerprint density at radius 2 is 2.25 bits per heavy atom. The zero-order valence-electron chi connectivity index (χ0n) is 10.9. The zero-order valence-corrected chi connectivity index (χ0v) is 11.7. The summed E-state index contributed by atoms with van der Waals surface area (Å²) < 4.78 is 0. The number of likely N-dealkylation sites (tertiary alicyclic amines) is 1. The molecule has 7 heteroatoms. The molecule has 2 aliphatic rings. The van der Waals surface area contributed by atoms with E-state index in [9.17, 15) is 4.79 Å². The fraction of sp³-hybridized carbons (Fsp3) is 0.462. The van der Waals surface area contributed by atoms with Gasteiger partial charge in [0.2, 0.25) is 5.13 Å². The first-order chi connectivity index (χ1) is 9.84. The van der Waals surface area contributed by atoms with E-state index in [2.05, 4.69) is 20.1 Å². The van der Waals surface area contributed by atoms with E-state index in [0.29, 0.717) is 17.8 Å². The molecule has 4 rings (SSSR count). The first-order valence-electron chi connectivity index (χ1n) is 6.82. The van der Waals surface area contributed by atoms with E-state index in [-0.39, 0.29) is 5.91 Å². The summed E-state index contributed by atoms with van der Waals surface area (Å²) in [7, 11) is 0. The van der Waals surface area contributed by atoms with Crippen LogP contribution in [0.5, 0.6) is 0 Å². The van der Waals surface area contributed by atoms with Gasteiger partial charge in [-0.25, -0.2) is 0 Å². The number of anilines is 1. The molecule has 2 fully saturated rings. The van der Waals surface area contributed by atoms with Crippen molar-refractivity contribution in [3.05, 3.63) is 29.5 Å². The van der Waals surface area contributed by atoms with Gasteiger partial charge in [0.25, 0.3) is 5.91 Å². The van der Waals surface area contributed by atoms with Crippen LogP contribution in [0.2, 0.25) is 0 Å². The molecule has 6 nitrogen and oxygen atoms in total. The number of nitrogens with zero attached hydrogens (tertiary/aromatic N) is 4. The monoisotopic (exact) mass is 289 g/mol. The largest absolute Gasteiger partial charge is 0.357 e. The summed E-state index contributed by atoms with van der Waals surface area (Å²) in [6, 6.07) is 4.40. The number of nitrogens with one attached hydrogen (secondary N) is 1. The Bertz CT molecular complexity index is 596. The Kier molecular flexibility index (Phi) is 2.73. The van der Waals surface area contributed by atoms with Crippen LogP contribution in [-0.2, 0) is 0 Å². The Hall–Kier alpha value is -1.89. The number of carbonyl (C=O) groups is 1. The smallest absolute Gasteiger partial charge is 0.270 e. The van der Waals surface area contributed by atoms with Crippen molar-refractivity contribution in [2.45, 2.75) is 24.9 Å². The van der Waals surface area contributed by atoms with Crippen LogP contribution in [0.15, 0.2) is 23.8 Å². The molecular weight excluding hydrogens is 274 g/mol. The van der Waals surface area contributed by atoms with Gasteiger partial charge in [0.05, 0.1) is 12.1 Å². The van der Waals surface area contributed by atoms with Crippen LogP contribution in [0.3, 0.4) is 0 Å². The molecule has 0 radical (unpaired) electrons. The lowest BCUT2D eigenvalue weighted by Crippen LogP contribution is -2.39. The molecule has 4 heterocycles. The Labute approximate surface area is 120 Å². The van der Waals surface area contributed by atoms with E-state index >= 15 is 0 Å². The van der Waals surface area contributed by atoms with Crippen molar-refractivity contribution in [2.24, 2.45) is 0 Å².